The summed E-state index contributed by atoms with van der Waals surface area (Å²) in [6, 6.07) is 14.2. The van der Waals surface area contributed by atoms with E-state index in [0.717, 1.165) is 10.9 Å². The molecule has 0 aliphatic heterocycles. The minimum absolute atomic E-state index is 0.0896. The molecule has 0 aliphatic carbocycles. The van der Waals surface area contributed by atoms with Crippen molar-refractivity contribution in [1.82, 2.24) is 14.5 Å². The molecule has 4 aromatic rings. The number of hydrogen-bond donors (Lipinski definition) is 1. The zero-order valence-corrected chi connectivity index (χ0v) is 17.4. The van der Waals surface area contributed by atoms with Crippen molar-refractivity contribution in [3.8, 4) is 0 Å². The molecule has 0 bridgehead atoms. The number of rotatable bonds is 6. The Morgan fingerprint density at radius 3 is 2.87 bits per heavy atom. The first-order valence-electron chi connectivity index (χ1n) is 9.14. The average Bonchev–Trinajstić information content (AvgIpc) is 2.74. The van der Waals surface area contributed by atoms with Crippen molar-refractivity contribution in [3.63, 3.8) is 0 Å². The van der Waals surface area contributed by atoms with Gasteiger partial charge in [0.05, 0.1) is 27.9 Å². The summed E-state index contributed by atoms with van der Waals surface area (Å²) >= 11 is 7.24. The molecule has 1 amide bonds. The van der Waals surface area contributed by atoms with Gasteiger partial charge in [-0.15, -0.1) is 6.58 Å². The Balaban J connectivity index is 1.59. The third kappa shape index (κ3) is 4.08. The van der Waals surface area contributed by atoms with Crippen molar-refractivity contribution in [3.05, 3.63) is 82.8 Å². The SMILES string of the molecule is C=CCn1c(SCC(=O)Nc2cccc3ncccc23)nc2cc(Cl)ccc2c1=O. The lowest BCUT2D eigenvalue weighted by molar-refractivity contribution is -0.113. The maximum absolute atomic E-state index is 12.8. The number of aromatic nitrogens is 3. The smallest absolute Gasteiger partial charge is 0.262 e. The lowest BCUT2D eigenvalue weighted by Gasteiger charge is -2.12. The van der Waals surface area contributed by atoms with Crippen LogP contribution in [0.4, 0.5) is 5.69 Å². The molecule has 0 atom stereocenters. The van der Waals surface area contributed by atoms with Gasteiger partial charge in [-0.25, -0.2) is 4.98 Å². The van der Waals surface area contributed by atoms with Gasteiger partial charge in [0.15, 0.2) is 5.16 Å². The number of amides is 1. The number of halogens is 1. The predicted octanol–water partition coefficient (Wildman–Crippen LogP) is 4.51. The van der Waals surface area contributed by atoms with Crippen LogP contribution in [0, 0.1) is 0 Å². The number of benzene rings is 2. The van der Waals surface area contributed by atoms with E-state index in [1.165, 1.54) is 16.3 Å². The van der Waals surface area contributed by atoms with Crippen LogP contribution in [0.15, 0.2) is 77.3 Å². The van der Waals surface area contributed by atoms with Crippen LogP contribution in [0.2, 0.25) is 5.02 Å². The molecule has 0 radical (unpaired) electrons. The molecule has 30 heavy (non-hydrogen) atoms. The molecule has 0 spiro atoms. The van der Waals surface area contributed by atoms with Crippen LogP contribution < -0.4 is 10.9 Å². The van der Waals surface area contributed by atoms with Crippen molar-refractivity contribution in [1.29, 1.82) is 0 Å². The molecule has 0 fully saturated rings. The predicted molar refractivity (Wildman–Crippen MR) is 122 cm³/mol. The highest BCUT2D eigenvalue weighted by atomic mass is 35.5. The van der Waals surface area contributed by atoms with E-state index >= 15 is 0 Å². The number of pyridine rings is 1. The zero-order valence-electron chi connectivity index (χ0n) is 15.8. The van der Waals surface area contributed by atoms with Gasteiger partial charge >= 0.3 is 0 Å². The Kier molecular flexibility index (Phi) is 5.83. The van der Waals surface area contributed by atoms with E-state index in [-0.39, 0.29) is 17.2 Å². The molecular formula is C22H17ClN4O2S. The van der Waals surface area contributed by atoms with Gasteiger partial charge in [0.1, 0.15) is 0 Å². The number of anilines is 1. The number of thioether (sulfide) groups is 1. The van der Waals surface area contributed by atoms with Gasteiger partial charge in [0.2, 0.25) is 5.91 Å². The van der Waals surface area contributed by atoms with Gasteiger partial charge < -0.3 is 5.32 Å². The lowest BCUT2D eigenvalue weighted by atomic mass is 10.2. The summed E-state index contributed by atoms with van der Waals surface area (Å²) in [7, 11) is 0. The van der Waals surface area contributed by atoms with E-state index in [1.54, 1.807) is 30.5 Å². The largest absolute Gasteiger partial charge is 0.325 e. The molecule has 1 N–H and O–H groups in total. The molecule has 2 aromatic heterocycles. The van der Waals surface area contributed by atoms with Gasteiger partial charge in [-0.2, -0.15) is 0 Å². The fourth-order valence-corrected chi connectivity index (χ4v) is 4.08. The molecule has 2 aromatic carbocycles. The number of fused-ring (bicyclic) bond motifs is 2. The molecule has 2 heterocycles. The topological polar surface area (TPSA) is 76.9 Å². The summed E-state index contributed by atoms with van der Waals surface area (Å²) < 4.78 is 1.50. The van der Waals surface area contributed by atoms with Crippen LogP contribution >= 0.6 is 23.4 Å². The second kappa shape index (κ2) is 8.69. The molecule has 6 nitrogen and oxygen atoms in total. The first-order chi connectivity index (χ1) is 14.6. The first-order valence-corrected chi connectivity index (χ1v) is 10.5. The van der Waals surface area contributed by atoms with Crippen LogP contribution in [0.1, 0.15) is 0 Å². The maximum Gasteiger partial charge on any atom is 0.262 e. The maximum atomic E-state index is 12.8. The monoisotopic (exact) mass is 436 g/mol. The minimum Gasteiger partial charge on any atom is -0.325 e. The van der Waals surface area contributed by atoms with E-state index in [1.807, 2.05) is 30.3 Å². The van der Waals surface area contributed by atoms with Crippen LogP contribution in [-0.2, 0) is 11.3 Å². The second-order valence-corrected chi connectivity index (χ2v) is 7.85. The first kappa shape index (κ1) is 20.1. The molecule has 0 saturated carbocycles. The Bertz CT molecular complexity index is 1330. The van der Waals surface area contributed by atoms with Gasteiger partial charge in [0, 0.05) is 23.2 Å². The van der Waals surface area contributed by atoms with Crippen LogP contribution in [0.25, 0.3) is 21.8 Å². The fraction of sp³-hybridized carbons (Fsp3) is 0.0909. The summed E-state index contributed by atoms with van der Waals surface area (Å²) in [5, 5.41) is 5.17. The van der Waals surface area contributed by atoms with Gasteiger partial charge in [-0.1, -0.05) is 35.5 Å². The van der Waals surface area contributed by atoms with E-state index in [2.05, 4.69) is 21.9 Å². The lowest BCUT2D eigenvalue weighted by Crippen LogP contribution is -2.23. The standard InChI is InChI=1S/C22H17ClN4O2S/c1-2-11-27-21(29)16-9-8-14(23)12-19(16)26-22(27)30-13-20(28)25-18-7-3-6-17-15(18)5-4-10-24-17/h2-10,12H,1,11,13H2,(H,25,28). The highest BCUT2D eigenvalue weighted by Crippen LogP contribution is 2.23. The summed E-state index contributed by atoms with van der Waals surface area (Å²) in [5.41, 5.74) is 1.79. The van der Waals surface area contributed by atoms with Crippen molar-refractivity contribution >= 4 is 56.8 Å². The number of carbonyl (C=O) groups excluding carboxylic acids is 1. The summed E-state index contributed by atoms with van der Waals surface area (Å²) in [6.07, 6.45) is 3.33. The van der Waals surface area contributed by atoms with E-state index in [0.29, 0.717) is 33.3 Å². The van der Waals surface area contributed by atoms with Crippen molar-refractivity contribution < 1.29 is 4.79 Å². The number of nitrogens with zero attached hydrogens (tertiary/aromatic N) is 3. The second-order valence-electron chi connectivity index (χ2n) is 6.47. The van der Waals surface area contributed by atoms with Gasteiger partial charge in [0.25, 0.3) is 5.56 Å². The molecule has 0 aliphatic rings. The van der Waals surface area contributed by atoms with Crippen molar-refractivity contribution in [2.24, 2.45) is 0 Å². The molecule has 8 heteroatoms. The van der Waals surface area contributed by atoms with Crippen molar-refractivity contribution in [2.75, 3.05) is 11.1 Å². The summed E-state index contributed by atoms with van der Waals surface area (Å²) in [5.74, 6) is -0.117. The van der Waals surface area contributed by atoms with E-state index < -0.39 is 0 Å². The quantitative estimate of drug-likeness (QED) is 0.273. The summed E-state index contributed by atoms with van der Waals surface area (Å²) in [6.45, 7) is 4.00. The van der Waals surface area contributed by atoms with Crippen LogP contribution in [0.3, 0.4) is 0 Å². The van der Waals surface area contributed by atoms with E-state index in [4.69, 9.17) is 11.6 Å². The number of carbonyl (C=O) groups is 1. The number of allylic oxidation sites excluding steroid dienone is 1. The molecular weight excluding hydrogens is 420 g/mol. The summed E-state index contributed by atoms with van der Waals surface area (Å²) in [4.78, 5) is 34.3. The molecule has 0 unspecified atom stereocenters. The Hall–Kier alpha value is -3.16. The van der Waals surface area contributed by atoms with Crippen LogP contribution in [0.5, 0.6) is 0 Å². The zero-order chi connectivity index (χ0) is 21.1. The Morgan fingerprint density at radius 1 is 1.17 bits per heavy atom. The fourth-order valence-electron chi connectivity index (χ4n) is 3.10. The number of nitrogens with one attached hydrogen (secondary N) is 1. The van der Waals surface area contributed by atoms with Gasteiger partial charge in [-0.05, 0) is 42.5 Å². The number of hydrogen-bond acceptors (Lipinski definition) is 5. The van der Waals surface area contributed by atoms with Crippen LogP contribution in [-0.4, -0.2) is 26.2 Å². The Morgan fingerprint density at radius 2 is 2.03 bits per heavy atom. The molecule has 4 rings (SSSR count). The van der Waals surface area contributed by atoms with E-state index in [9.17, 15) is 9.59 Å². The minimum atomic E-state index is -0.207. The molecule has 0 saturated heterocycles. The van der Waals surface area contributed by atoms with Gasteiger partial charge in [-0.3, -0.25) is 19.1 Å². The molecule has 150 valence electrons. The Labute approximate surface area is 181 Å². The normalized spacial score (nSPS) is 11.0. The third-order valence-electron chi connectivity index (χ3n) is 4.45. The average molecular weight is 437 g/mol. The highest BCUT2D eigenvalue weighted by molar-refractivity contribution is 7.99. The van der Waals surface area contributed by atoms with Crippen molar-refractivity contribution in [2.45, 2.75) is 11.7 Å². The third-order valence-corrected chi connectivity index (χ3v) is 5.66. The highest BCUT2D eigenvalue weighted by Gasteiger charge is 2.14.